The largest absolute Gasteiger partial charge is 0.253 e. The quantitative estimate of drug-likeness (QED) is 0.447. The molecule has 1 heteroatoms. The Bertz CT molecular complexity index is 293. The van der Waals surface area contributed by atoms with E-state index in [4.69, 9.17) is 0 Å². The Labute approximate surface area is 113 Å². The van der Waals surface area contributed by atoms with Crippen LogP contribution in [0.5, 0.6) is 0 Å². The van der Waals surface area contributed by atoms with Gasteiger partial charge in [-0.2, -0.15) is 12.2 Å². The molecule has 0 fully saturated rings. The van der Waals surface area contributed by atoms with Crippen LogP contribution < -0.4 is 0 Å². The van der Waals surface area contributed by atoms with Crippen LogP contribution in [0.25, 0.3) is 0 Å². The second-order valence-corrected chi connectivity index (χ2v) is 3.92. The Morgan fingerprint density at radius 3 is 1.20 bits per heavy atom. The van der Waals surface area contributed by atoms with E-state index in [2.05, 4.69) is 52.0 Å². The molecule has 0 N–H and O–H groups in total. The van der Waals surface area contributed by atoms with Crippen molar-refractivity contribution < 1.29 is 25.8 Å². The van der Waals surface area contributed by atoms with Crippen molar-refractivity contribution in [3.63, 3.8) is 0 Å². The molecule has 0 unspecified atom stereocenters. The zero-order valence-corrected chi connectivity index (χ0v) is 13.7. The standard InChI is InChI=1S/2C7H9.Hf/c2*1-6-4-3-5-7(6)2;/h2*3H,4H2,1-2H3;/q2*-1;. The second kappa shape index (κ2) is 7.16. The number of rotatable bonds is 0. The Hall–Kier alpha value is -0.170. The molecule has 15 heavy (non-hydrogen) atoms. The molecule has 0 atom stereocenters. The molecule has 2 aliphatic rings. The van der Waals surface area contributed by atoms with Crippen LogP contribution in [0.4, 0.5) is 0 Å². The Kier molecular flexibility index (Phi) is 7.08. The molecule has 0 radical (unpaired) electrons. The summed E-state index contributed by atoms with van der Waals surface area (Å²) in [5.41, 5.74) is 5.56. The third-order valence-electron chi connectivity index (χ3n) is 2.73. The van der Waals surface area contributed by atoms with Crippen LogP contribution >= 0.6 is 0 Å². The first-order chi connectivity index (χ1) is 6.61. The first kappa shape index (κ1) is 14.8. The van der Waals surface area contributed by atoms with Gasteiger partial charge in [0.15, 0.2) is 0 Å². The third kappa shape index (κ3) is 4.92. The van der Waals surface area contributed by atoms with E-state index >= 15 is 0 Å². The second-order valence-electron chi connectivity index (χ2n) is 3.92. The van der Waals surface area contributed by atoms with Crippen molar-refractivity contribution in [3.8, 4) is 0 Å². The fraction of sp³-hybridized carbons (Fsp3) is 0.429. The molecular weight excluding hydrogens is 347 g/mol. The summed E-state index contributed by atoms with van der Waals surface area (Å²) in [6.07, 6.45) is 12.6. The normalized spacial score (nSPS) is 17.9. The molecular formula is C14H18Hf-2. The Morgan fingerprint density at radius 2 is 1.13 bits per heavy atom. The van der Waals surface area contributed by atoms with E-state index in [1.54, 1.807) is 0 Å². The Morgan fingerprint density at radius 1 is 0.800 bits per heavy atom. The molecule has 0 heterocycles. The molecule has 0 nitrogen and oxygen atoms in total. The van der Waals surface area contributed by atoms with Crippen LogP contribution in [-0.2, 0) is 25.8 Å². The minimum atomic E-state index is 0. The van der Waals surface area contributed by atoms with Gasteiger partial charge in [-0.15, -0.1) is 13.8 Å². The average molecular weight is 365 g/mol. The van der Waals surface area contributed by atoms with Gasteiger partial charge in [0.05, 0.1) is 0 Å². The summed E-state index contributed by atoms with van der Waals surface area (Å²) in [6, 6.07) is 0. The molecule has 0 aromatic carbocycles. The van der Waals surface area contributed by atoms with Crippen molar-refractivity contribution in [3.05, 3.63) is 46.6 Å². The van der Waals surface area contributed by atoms with Gasteiger partial charge in [0.25, 0.3) is 0 Å². The molecule has 2 rings (SSSR count). The molecule has 80 valence electrons. The van der Waals surface area contributed by atoms with E-state index in [1.807, 2.05) is 0 Å². The topological polar surface area (TPSA) is 0 Å². The van der Waals surface area contributed by atoms with Gasteiger partial charge in [-0.3, -0.25) is 12.2 Å². The maximum atomic E-state index is 3.12. The fourth-order valence-electron chi connectivity index (χ4n) is 1.27. The van der Waals surface area contributed by atoms with Gasteiger partial charge >= 0.3 is 0 Å². The number of hydrogen-bond donors (Lipinski definition) is 0. The van der Waals surface area contributed by atoms with Crippen LogP contribution in [0.1, 0.15) is 40.5 Å². The van der Waals surface area contributed by atoms with Gasteiger partial charge in [-0.1, -0.05) is 26.7 Å². The van der Waals surface area contributed by atoms with Crippen molar-refractivity contribution >= 4 is 0 Å². The maximum absolute atomic E-state index is 3.12. The molecule has 0 aromatic rings. The maximum Gasteiger partial charge on any atom is 0 e. The predicted molar refractivity (Wildman–Crippen MR) is 61.6 cm³/mol. The molecule has 0 spiro atoms. The molecule has 0 bridgehead atoms. The molecule has 0 aliphatic heterocycles. The van der Waals surface area contributed by atoms with E-state index < -0.39 is 0 Å². The summed E-state index contributed by atoms with van der Waals surface area (Å²) in [5.74, 6) is 0. The van der Waals surface area contributed by atoms with Gasteiger partial charge < -0.3 is 0 Å². The predicted octanol–water partition coefficient (Wildman–Crippen LogP) is 4.17. The van der Waals surface area contributed by atoms with E-state index in [9.17, 15) is 0 Å². The molecule has 0 aromatic heterocycles. The summed E-state index contributed by atoms with van der Waals surface area (Å²) in [7, 11) is 0. The minimum absolute atomic E-state index is 0. The summed E-state index contributed by atoms with van der Waals surface area (Å²) in [6.45, 7) is 8.48. The van der Waals surface area contributed by atoms with Gasteiger partial charge in [-0.05, 0) is 0 Å². The van der Waals surface area contributed by atoms with Gasteiger partial charge in [-0.25, -0.2) is 22.3 Å². The van der Waals surface area contributed by atoms with Crippen LogP contribution in [0.15, 0.2) is 34.4 Å². The van der Waals surface area contributed by atoms with Crippen molar-refractivity contribution in [2.75, 3.05) is 0 Å². The summed E-state index contributed by atoms with van der Waals surface area (Å²) in [5, 5.41) is 0. The third-order valence-corrected chi connectivity index (χ3v) is 2.73. The zero-order chi connectivity index (χ0) is 10.6. The minimum Gasteiger partial charge on any atom is -0.253 e. The number of hydrogen-bond acceptors (Lipinski definition) is 0. The van der Waals surface area contributed by atoms with Crippen molar-refractivity contribution in [1.29, 1.82) is 0 Å². The van der Waals surface area contributed by atoms with E-state index in [1.165, 1.54) is 22.3 Å². The average Bonchev–Trinajstić information content (AvgIpc) is 2.67. The molecule has 0 saturated heterocycles. The molecule has 0 amide bonds. The van der Waals surface area contributed by atoms with E-state index in [0.29, 0.717) is 0 Å². The molecule has 2 aliphatic carbocycles. The van der Waals surface area contributed by atoms with Gasteiger partial charge in [0.2, 0.25) is 0 Å². The smallest absolute Gasteiger partial charge is 0 e. The summed E-state index contributed by atoms with van der Waals surface area (Å²) < 4.78 is 0. The van der Waals surface area contributed by atoms with Crippen molar-refractivity contribution in [2.24, 2.45) is 0 Å². The van der Waals surface area contributed by atoms with E-state index in [0.717, 1.165) is 12.8 Å². The van der Waals surface area contributed by atoms with Gasteiger partial charge in [0.1, 0.15) is 0 Å². The Balaban J connectivity index is 0.000000245. The van der Waals surface area contributed by atoms with Crippen LogP contribution in [-0.4, -0.2) is 0 Å². The first-order valence-corrected chi connectivity index (χ1v) is 5.10. The van der Waals surface area contributed by atoms with Crippen molar-refractivity contribution in [2.45, 2.75) is 40.5 Å². The van der Waals surface area contributed by atoms with Crippen LogP contribution in [0.2, 0.25) is 0 Å². The summed E-state index contributed by atoms with van der Waals surface area (Å²) >= 11 is 0. The van der Waals surface area contributed by atoms with Crippen LogP contribution in [0.3, 0.4) is 0 Å². The zero-order valence-electron chi connectivity index (χ0n) is 10.1. The SMILES string of the molecule is CC1=C(C)CC=[C-]1.CC1=C(C)CC=[C-]1.[Hf]. The van der Waals surface area contributed by atoms with Crippen molar-refractivity contribution in [1.82, 2.24) is 0 Å². The first-order valence-electron chi connectivity index (χ1n) is 5.10. The fourth-order valence-corrected chi connectivity index (χ4v) is 1.27. The van der Waals surface area contributed by atoms with E-state index in [-0.39, 0.29) is 25.8 Å². The monoisotopic (exact) mass is 366 g/mol. The van der Waals surface area contributed by atoms with Crippen LogP contribution in [0, 0.1) is 12.2 Å². The molecule has 0 saturated carbocycles. The van der Waals surface area contributed by atoms with Gasteiger partial charge in [0, 0.05) is 25.8 Å². The number of allylic oxidation sites excluding steroid dienone is 8. The summed E-state index contributed by atoms with van der Waals surface area (Å²) in [4.78, 5) is 0.